The molecule has 0 radical (unpaired) electrons. The Kier molecular flexibility index (Phi) is 11.0. The van der Waals surface area contributed by atoms with Crippen LogP contribution in [-0.4, -0.2) is 102 Å². The summed E-state index contributed by atoms with van der Waals surface area (Å²) in [4.78, 5) is 9.26. The largest absolute Gasteiger partial charge is 0.379 e. The van der Waals surface area contributed by atoms with E-state index in [-0.39, 0.29) is 0 Å². The summed E-state index contributed by atoms with van der Waals surface area (Å²) in [5.74, 6) is 0.892. The van der Waals surface area contributed by atoms with Gasteiger partial charge >= 0.3 is 0 Å². The zero-order valence-corrected chi connectivity index (χ0v) is 16.8. The third-order valence-corrected chi connectivity index (χ3v) is 5.10. The SMILES string of the molecule is CN=C(NCCCCN1CCN(C)CC1)NCCCOCC1CCCO1. The van der Waals surface area contributed by atoms with Crippen LogP contribution in [0.15, 0.2) is 4.99 Å². The molecule has 2 rings (SSSR count). The Bertz CT molecular complexity index is 380. The Hall–Kier alpha value is -0.890. The van der Waals surface area contributed by atoms with E-state index in [1.54, 1.807) is 0 Å². The van der Waals surface area contributed by atoms with E-state index in [1.807, 2.05) is 7.05 Å². The first-order valence-electron chi connectivity index (χ1n) is 10.3. The van der Waals surface area contributed by atoms with Crippen molar-refractivity contribution in [2.24, 2.45) is 4.99 Å². The van der Waals surface area contributed by atoms with Gasteiger partial charge < -0.3 is 29.9 Å². The van der Waals surface area contributed by atoms with Crippen LogP contribution < -0.4 is 10.6 Å². The monoisotopic (exact) mass is 369 g/mol. The van der Waals surface area contributed by atoms with Crippen LogP contribution in [0.1, 0.15) is 32.1 Å². The maximum atomic E-state index is 5.68. The molecule has 152 valence electrons. The highest BCUT2D eigenvalue weighted by Gasteiger charge is 2.15. The maximum absolute atomic E-state index is 5.68. The third kappa shape index (κ3) is 9.16. The van der Waals surface area contributed by atoms with Gasteiger partial charge in [-0.15, -0.1) is 0 Å². The molecule has 0 bridgehead atoms. The number of aliphatic imine (C=N–C) groups is 1. The van der Waals surface area contributed by atoms with Crippen LogP contribution >= 0.6 is 0 Å². The first-order chi connectivity index (χ1) is 12.8. The minimum atomic E-state index is 0.322. The molecule has 0 aromatic rings. The molecule has 2 fully saturated rings. The Balaban J connectivity index is 1.39. The maximum Gasteiger partial charge on any atom is 0.190 e. The number of hydrogen-bond acceptors (Lipinski definition) is 5. The first-order valence-corrected chi connectivity index (χ1v) is 10.3. The van der Waals surface area contributed by atoms with Crippen molar-refractivity contribution < 1.29 is 9.47 Å². The summed E-state index contributed by atoms with van der Waals surface area (Å²) in [6, 6.07) is 0. The van der Waals surface area contributed by atoms with Crippen molar-refractivity contribution in [1.29, 1.82) is 0 Å². The van der Waals surface area contributed by atoms with Gasteiger partial charge in [0.2, 0.25) is 0 Å². The molecule has 0 aliphatic carbocycles. The molecule has 2 aliphatic heterocycles. The second-order valence-electron chi connectivity index (χ2n) is 7.34. The number of nitrogens with one attached hydrogen (secondary N) is 2. The minimum absolute atomic E-state index is 0.322. The van der Waals surface area contributed by atoms with Crippen molar-refractivity contribution in [2.75, 3.05) is 79.7 Å². The lowest BCUT2D eigenvalue weighted by atomic mass is 10.2. The summed E-state index contributed by atoms with van der Waals surface area (Å²) in [6.45, 7) is 10.3. The molecular formula is C19H39N5O2. The Labute approximate surface area is 159 Å². The first kappa shape index (κ1) is 21.4. The van der Waals surface area contributed by atoms with Gasteiger partial charge in [-0.3, -0.25) is 4.99 Å². The van der Waals surface area contributed by atoms with E-state index in [0.29, 0.717) is 6.10 Å². The predicted molar refractivity (Wildman–Crippen MR) is 107 cm³/mol. The zero-order chi connectivity index (χ0) is 18.5. The Morgan fingerprint density at radius 2 is 1.88 bits per heavy atom. The highest BCUT2D eigenvalue weighted by molar-refractivity contribution is 5.79. The number of ether oxygens (including phenoxy) is 2. The second kappa shape index (κ2) is 13.3. The summed E-state index contributed by atoms with van der Waals surface area (Å²) in [6.07, 6.45) is 6.04. The molecule has 0 aromatic carbocycles. The summed E-state index contributed by atoms with van der Waals surface area (Å²) in [5.41, 5.74) is 0. The highest BCUT2D eigenvalue weighted by atomic mass is 16.5. The van der Waals surface area contributed by atoms with Gasteiger partial charge in [0.1, 0.15) is 0 Å². The molecule has 0 amide bonds. The van der Waals surface area contributed by atoms with E-state index in [0.717, 1.165) is 51.7 Å². The van der Waals surface area contributed by atoms with E-state index in [1.165, 1.54) is 52.0 Å². The summed E-state index contributed by atoms with van der Waals surface area (Å²) < 4.78 is 11.2. The summed E-state index contributed by atoms with van der Waals surface area (Å²) in [5, 5.41) is 6.76. The summed E-state index contributed by atoms with van der Waals surface area (Å²) in [7, 11) is 4.03. The number of guanidine groups is 1. The van der Waals surface area contributed by atoms with Crippen LogP contribution in [0.25, 0.3) is 0 Å². The smallest absolute Gasteiger partial charge is 0.190 e. The number of hydrogen-bond donors (Lipinski definition) is 2. The lowest BCUT2D eigenvalue weighted by Crippen LogP contribution is -2.44. The fraction of sp³-hybridized carbons (Fsp3) is 0.947. The van der Waals surface area contributed by atoms with Crippen molar-refractivity contribution in [3.63, 3.8) is 0 Å². The van der Waals surface area contributed by atoms with Crippen molar-refractivity contribution in [3.05, 3.63) is 0 Å². The number of piperazine rings is 1. The number of rotatable bonds is 11. The van der Waals surface area contributed by atoms with Crippen LogP contribution in [0.5, 0.6) is 0 Å². The molecule has 7 nitrogen and oxygen atoms in total. The molecule has 2 N–H and O–H groups in total. The second-order valence-corrected chi connectivity index (χ2v) is 7.34. The predicted octanol–water partition coefficient (Wildman–Crippen LogP) is 0.765. The quantitative estimate of drug-likeness (QED) is 0.319. The molecule has 0 saturated carbocycles. The molecule has 26 heavy (non-hydrogen) atoms. The van der Waals surface area contributed by atoms with Crippen LogP contribution in [-0.2, 0) is 9.47 Å². The van der Waals surface area contributed by atoms with Gasteiger partial charge in [0.05, 0.1) is 12.7 Å². The topological polar surface area (TPSA) is 61.4 Å². The zero-order valence-electron chi connectivity index (χ0n) is 16.8. The molecule has 0 spiro atoms. The van der Waals surface area contributed by atoms with E-state index < -0.39 is 0 Å². The van der Waals surface area contributed by atoms with E-state index in [9.17, 15) is 0 Å². The average molecular weight is 370 g/mol. The van der Waals surface area contributed by atoms with E-state index in [2.05, 4.69) is 32.5 Å². The fourth-order valence-corrected chi connectivity index (χ4v) is 3.33. The van der Waals surface area contributed by atoms with Gasteiger partial charge in [-0.05, 0) is 45.7 Å². The van der Waals surface area contributed by atoms with Crippen LogP contribution in [0.2, 0.25) is 0 Å². The molecular weight excluding hydrogens is 330 g/mol. The van der Waals surface area contributed by atoms with Gasteiger partial charge in [-0.2, -0.15) is 0 Å². The van der Waals surface area contributed by atoms with Gasteiger partial charge in [-0.1, -0.05) is 0 Å². The van der Waals surface area contributed by atoms with Crippen molar-refractivity contribution in [2.45, 2.75) is 38.2 Å². The fourth-order valence-electron chi connectivity index (χ4n) is 3.33. The molecule has 2 heterocycles. The van der Waals surface area contributed by atoms with Crippen molar-refractivity contribution in [3.8, 4) is 0 Å². The molecule has 1 atom stereocenters. The lowest BCUT2D eigenvalue weighted by molar-refractivity contribution is 0.0168. The number of nitrogens with zero attached hydrogens (tertiary/aromatic N) is 3. The third-order valence-electron chi connectivity index (χ3n) is 5.10. The van der Waals surface area contributed by atoms with Crippen LogP contribution in [0, 0.1) is 0 Å². The van der Waals surface area contributed by atoms with Crippen molar-refractivity contribution >= 4 is 5.96 Å². The van der Waals surface area contributed by atoms with Crippen molar-refractivity contribution in [1.82, 2.24) is 20.4 Å². The standard InChI is InChI=1S/C19H39N5O2/c1-20-19(22-9-6-15-25-17-18-7-5-16-26-18)21-8-3-4-10-24-13-11-23(2)12-14-24/h18H,3-17H2,1-2H3,(H2,20,21,22). The molecule has 2 aliphatic rings. The van der Waals surface area contributed by atoms with E-state index >= 15 is 0 Å². The minimum Gasteiger partial charge on any atom is -0.379 e. The van der Waals surface area contributed by atoms with Crippen LogP contribution in [0.4, 0.5) is 0 Å². The van der Waals surface area contributed by atoms with Gasteiger partial charge in [0, 0.05) is 59.5 Å². The van der Waals surface area contributed by atoms with Gasteiger partial charge in [0.25, 0.3) is 0 Å². The normalized spacial score (nSPS) is 22.7. The molecule has 0 aromatic heterocycles. The lowest BCUT2D eigenvalue weighted by Gasteiger charge is -2.32. The Morgan fingerprint density at radius 1 is 1.12 bits per heavy atom. The van der Waals surface area contributed by atoms with E-state index in [4.69, 9.17) is 9.47 Å². The number of unbranched alkanes of at least 4 members (excludes halogenated alkanes) is 1. The highest BCUT2D eigenvalue weighted by Crippen LogP contribution is 2.11. The molecule has 2 saturated heterocycles. The average Bonchev–Trinajstić information content (AvgIpc) is 3.17. The van der Waals surface area contributed by atoms with Crippen LogP contribution in [0.3, 0.4) is 0 Å². The summed E-state index contributed by atoms with van der Waals surface area (Å²) >= 11 is 0. The molecule has 7 heteroatoms. The molecule has 1 unspecified atom stereocenters. The van der Waals surface area contributed by atoms with Gasteiger partial charge in [0.15, 0.2) is 5.96 Å². The Morgan fingerprint density at radius 3 is 2.58 bits per heavy atom. The van der Waals surface area contributed by atoms with Gasteiger partial charge in [-0.25, -0.2) is 0 Å². The number of likely N-dealkylation sites (N-methyl/N-ethyl adjacent to an activating group) is 1.